The van der Waals surface area contributed by atoms with Gasteiger partial charge in [-0.3, -0.25) is 9.59 Å². The van der Waals surface area contributed by atoms with Gasteiger partial charge in [0, 0.05) is 18.7 Å². The van der Waals surface area contributed by atoms with Crippen molar-refractivity contribution in [2.75, 3.05) is 19.7 Å². The Hall–Kier alpha value is -2.04. The van der Waals surface area contributed by atoms with Crippen LogP contribution in [-0.4, -0.2) is 31.5 Å². The van der Waals surface area contributed by atoms with Gasteiger partial charge in [-0.25, -0.2) is 0 Å². The van der Waals surface area contributed by atoms with Gasteiger partial charge in [-0.1, -0.05) is 342 Å². The van der Waals surface area contributed by atoms with E-state index in [4.69, 9.17) is 4.74 Å². The van der Waals surface area contributed by atoms with E-state index in [1.165, 1.54) is 302 Å². The van der Waals surface area contributed by atoms with E-state index >= 15 is 0 Å². The van der Waals surface area contributed by atoms with Gasteiger partial charge in [0.1, 0.15) is 5.75 Å². The molecule has 5 heteroatoms. The summed E-state index contributed by atoms with van der Waals surface area (Å²) in [6.45, 7) is 8.82. The molecule has 0 spiro atoms. The first-order valence-corrected chi connectivity index (χ1v) is 33.0. The molecular formula is C67H126N2O3. The van der Waals surface area contributed by atoms with E-state index in [0.29, 0.717) is 36.6 Å². The highest BCUT2D eigenvalue weighted by atomic mass is 16.5. The number of unbranched alkanes of at least 4 members (excludes halogenated alkanes) is 50. The second kappa shape index (κ2) is 56.7. The molecule has 0 atom stereocenters. The van der Waals surface area contributed by atoms with Crippen LogP contribution in [0, 0.1) is 0 Å². The van der Waals surface area contributed by atoms with E-state index in [1.54, 1.807) is 12.1 Å². The van der Waals surface area contributed by atoms with Gasteiger partial charge in [-0.15, -0.1) is 0 Å². The van der Waals surface area contributed by atoms with Crippen LogP contribution < -0.4 is 15.4 Å². The minimum atomic E-state index is -0.0931. The van der Waals surface area contributed by atoms with Crippen molar-refractivity contribution in [2.24, 2.45) is 0 Å². The molecule has 2 N–H and O–H groups in total. The molecule has 5 nitrogen and oxygen atoms in total. The maximum absolute atomic E-state index is 13.5. The Morgan fingerprint density at radius 3 is 0.819 bits per heavy atom. The number of ether oxygens (including phenoxy) is 1. The molecule has 0 aliphatic carbocycles. The summed E-state index contributed by atoms with van der Waals surface area (Å²) < 4.78 is 6.31. The lowest BCUT2D eigenvalue weighted by Gasteiger charge is -2.14. The molecule has 2 amide bonds. The number of nitrogens with one attached hydrogen (secondary N) is 2. The van der Waals surface area contributed by atoms with E-state index in [1.807, 2.05) is 6.07 Å². The number of carbonyl (C=O) groups is 2. The topological polar surface area (TPSA) is 67.4 Å². The first-order chi connectivity index (χ1) is 35.6. The Kier molecular flexibility index (Phi) is 53.5. The number of hydrogen-bond donors (Lipinski definition) is 2. The fourth-order valence-corrected chi connectivity index (χ4v) is 10.6. The average molecular weight is 1010 g/mol. The van der Waals surface area contributed by atoms with Crippen LogP contribution in [0.2, 0.25) is 0 Å². The molecular weight excluding hydrogens is 881 g/mol. The number of benzene rings is 1. The minimum Gasteiger partial charge on any atom is -0.493 e. The lowest BCUT2D eigenvalue weighted by Crippen LogP contribution is -2.26. The third-order valence-corrected chi connectivity index (χ3v) is 15.6. The average Bonchev–Trinajstić information content (AvgIpc) is 3.39. The normalized spacial score (nSPS) is 11.4. The molecule has 0 fully saturated rings. The van der Waals surface area contributed by atoms with Gasteiger partial charge < -0.3 is 15.4 Å². The van der Waals surface area contributed by atoms with Gasteiger partial charge in [0.2, 0.25) is 0 Å². The summed E-state index contributed by atoms with van der Waals surface area (Å²) in [4.78, 5) is 26.8. The maximum Gasteiger partial charge on any atom is 0.255 e. The molecule has 1 rings (SSSR count). The van der Waals surface area contributed by atoms with Gasteiger partial charge in [0.25, 0.3) is 11.8 Å². The van der Waals surface area contributed by atoms with Gasteiger partial charge in [0.05, 0.1) is 12.2 Å². The lowest BCUT2D eigenvalue weighted by molar-refractivity contribution is 0.0937. The van der Waals surface area contributed by atoms with E-state index in [9.17, 15) is 9.59 Å². The van der Waals surface area contributed by atoms with Crippen LogP contribution in [0.25, 0.3) is 0 Å². The minimum absolute atomic E-state index is 0.0742. The van der Waals surface area contributed by atoms with Gasteiger partial charge in [-0.05, 0) is 37.5 Å². The summed E-state index contributed by atoms with van der Waals surface area (Å²) >= 11 is 0. The summed E-state index contributed by atoms with van der Waals surface area (Å²) in [6.07, 6.45) is 71.7. The lowest BCUT2D eigenvalue weighted by atomic mass is 10.0. The highest BCUT2D eigenvalue weighted by Crippen LogP contribution is 2.23. The Morgan fingerprint density at radius 1 is 0.306 bits per heavy atom. The zero-order valence-corrected chi connectivity index (χ0v) is 49.1. The molecule has 0 bridgehead atoms. The molecule has 422 valence electrons. The van der Waals surface area contributed by atoms with Crippen molar-refractivity contribution in [1.29, 1.82) is 0 Å². The van der Waals surface area contributed by atoms with Crippen LogP contribution in [-0.2, 0) is 0 Å². The highest BCUT2D eigenvalue weighted by molar-refractivity contribution is 6.00. The second-order valence-electron chi connectivity index (χ2n) is 22.7. The van der Waals surface area contributed by atoms with Crippen LogP contribution in [0.1, 0.15) is 382 Å². The fraction of sp³-hybridized carbons (Fsp3) is 0.881. The highest BCUT2D eigenvalue weighted by Gasteiger charge is 2.16. The summed E-state index contributed by atoms with van der Waals surface area (Å²) in [5.74, 6) is 0.376. The molecule has 0 heterocycles. The van der Waals surface area contributed by atoms with Crippen LogP contribution in [0.5, 0.6) is 5.75 Å². The Labute approximate surface area is 450 Å². The van der Waals surface area contributed by atoms with Crippen molar-refractivity contribution in [3.63, 3.8) is 0 Å². The number of rotatable bonds is 59. The van der Waals surface area contributed by atoms with Crippen LogP contribution in [0.3, 0.4) is 0 Å². The van der Waals surface area contributed by atoms with E-state index in [-0.39, 0.29) is 11.8 Å². The van der Waals surface area contributed by atoms with E-state index in [2.05, 4.69) is 31.4 Å². The second-order valence-corrected chi connectivity index (χ2v) is 22.7. The van der Waals surface area contributed by atoms with Crippen LogP contribution in [0.15, 0.2) is 18.2 Å². The molecule has 0 aliphatic heterocycles. The molecule has 0 saturated carbocycles. The van der Waals surface area contributed by atoms with Crippen molar-refractivity contribution in [3.05, 3.63) is 29.3 Å². The fourth-order valence-electron chi connectivity index (χ4n) is 10.6. The summed E-state index contributed by atoms with van der Waals surface area (Å²) in [6, 6.07) is 5.41. The molecule has 0 saturated heterocycles. The third kappa shape index (κ3) is 46.5. The van der Waals surface area contributed by atoms with Crippen molar-refractivity contribution >= 4 is 11.8 Å². The first-order valence-electron chi connectivity index (χ1n) is 33.0. The molecule has 0 aromatic heterocycles. The number of carbonyl (C=O) groups excluding carboxylic acids is 2. The van der Waals surface area contributed by atoms with Crippen molar-refractivity contribution in [1.82, 2.24) is 10.6 Å². The van der Waals surface area contributed by atoms with Crippen LogP contribution in [0.4, 0.5) is 0 Å². The van der Waals surface area contributed by atoms with Gasteiger partial charge >= 0.3 is 0 Å². The zero-order chi connectivity index (χ0) is 51.7. The molecule has 1 aromatic rings. The quantitative estimate of drug-likeness (QED) is 0.0639. The summed E-state index contributed by atoms with van der Waals surface area (Å²) in [7, 11) is 0. The van der Waals surface area contributed by atoms with Crippen molar-refractivity contribution < 1.29 is 14.3 Å². The van der Waals surface area contributed by atoms with E-state index < -0.39 is 0 Å². The standard InChI is InChI=1S/C67H126N2O3/c1-4-7-10-13-16-19-22-25-27-29-31-33-35-37-39-42-45-48-51-54-59-68-66(70)63-57-58-64(65(62-63)72-61-56-53-50-47-44-41-24-21-18-15-12-9-6-3)67(71)69-60-55-52-49-46-43-40-38-36-34-32-30-28-26-23-20-17-14-11-8-5-2/h57-58,62H,4-56,59-61H2,1-3H3,(H,68,70)(H,69,71). The summed E-state index contributed by atoms with van der Waals surface area (Å²) in [5.41, 5.74) is 1.12. The van der Waals surface area contributed by atoms with Crippen LogP contribution >= 0.6 is 0 Å². The van der Waals surface area contributed by atoms with Crippen molar-refractivity contribution in [2.45, 2.75) is 361 Å². The number of hydrogen-bond acceptors (Lipinski definition) is 3. The maximum atomic E-state index is 13.5. The SMILES string of the molecule is CCCCCCCCCCCCCCCCCCCCCCNC(=O)c1ccc(C(=O)NCCCCCCCCCCCCCCCCCCCCCC)c(OCCCCCCCCCCCCCCC)c1. The van der Waals surface area contributed by atoms with Crippen molar-refractivity contribution in [3.8, 4) is 5.75 Å². The first kappa shape index (κ1) is 68.0. The molecule has 1 aromatic carbocycles. The molecule has 72 heavy (non-hydrogen) atoms. The molecule has 0 unspecified atom stereocenters. The molecule has 0 radical (unpaired) electrons. The van der Waals surface area contributed by atoms with E-state index in [0.717, 1.165) is 38.5 Å². The number of amides is 2. The Balaban J connectivity index is 2.30. The Bertz CT molecular complexity index is 1270. The molecule has 0 aliphatic rings. The predicted octanol–water partition coefficient (Wildman–Crippen LogP) is 22.3. The van der Waals surface area contributed by atoms with Gasteiger partial charge in [0.15, 0.2) is 0 Å². The third-order valence-electron chi connectivity index (χ3n) is 15.6. The smallest absolute Gasteiger partial charge is 0.255 e. The Morgan fingerprint density at radius 2 is 0.542 bits per heavy atom. The summed E-state index contributed by atoms with van der Waals surface area (Å²) in [5, 5.41) is 6.32. The largest absolute Gasteiger partial charge is 0.493 e. The monoisotopic (exact) mass is 1010 g/mol. The predicted molar refractivity (Wildman–Crippen MR) is 318 cm³/mol. The van der Waals surface area contributed by atoms with Gasteiger partial charge in [-0.2, -0.15) is 0 Å². The zero-order valence-electron chi connectivity index (χ0n) is 49.1.